The molecule has 0 aliphatic carbocycles. The Morgan fingerprint density at radius 3 is 2.67 bits per heavy atom. The number of carbonyl (C=O) groups excluding carboxylic acids is 1. The summed E-state index contributed by atoms with van der Waals surface area (Å²) >= 11 is 0. The minimum Gasteiger partial charge on any atom is -0.342 e. The number of aromatic nitrogens is 2. The molecule has 0 bridgehead atoms. The van der Waals surface area contributed by atoms with Gasteiger partial charge in [-0.05, 0) is 88.2 Å². The van der Waals surface area contributed by atoms with Gasteiger partial charge in [0, 0.05) is 18.5 Å². The maximum atomic E-state index is 14.0. The van der Waals surface area contributed by atoms with Crippen LogP contribution in [0.2, 0.25) is 0 Å². The number of aromatic amines is 1. The third-order valence-electron chi connectivity index (χ3n) is 8.00. The maximum absolute atomic E-state index is 14.0. The van der Waals surface area contributed by atoms with Crippen molar-refractivity contribution in [1.29, 1.82) is 0 Å². The first-order valence-electron chi connectivity index (χ1n) is 12.6. The van der Waals surface area contributed by atoms with Gasteiger partial charge >= 0.3 is 0 Å². The summed E-state index contributed by atoms with van der Waals surface area (Å²) in [6.45, 7) is 3.79. The minimum absolute atomic E-state index is 0.254. The number of carbonyl (C=O) groups is 1. The number of likely N-dealkylation sites (tertiary alicyclic amines) is 2. The Bertz CT molecular complexity index is 1070. The van der Waals surface area contributed by atoms with Gasteiger partial charge in [0.1, 0.15) is 0 Å². The summed E-state index contributed by atoms with van der Waals surface area (Å²) in [4.78, 5) is 18.6. The number of amides is 1. The zero-order chi connectivity index (χ0) is 22.7. The molecule has 2 aliphatic rings. The first kappa shape index (κ1) is 22.1. The topological polar surface area (TPSA) is 52.2 Å². The molecule has 0 radical (unpaired) electrons. The Morgan fingerprint density at radius 2 is 1.85 bits per heavy atom. The number of piperidine rings is 1. The highest BCUT2D eigenvalue weighted by Gasteiger charge is 2.43. The molecule has 5 rings (SSSR count). The van der Waals surface area contributed by atoms with E-state index in [-0.39, 0.29) is 5.41 Å². The minimum atomic E-state index is -0.254. The average molecular weight is 445 g/mol. The molecule has 5 heteroatoms. The predicted molar refractivity (Wildman–Crippen MR) is 133 cm³/mol. The Morgan fingerprint density at radius 1 is 1.03 bits per heavy atom. The van der Waals surface area contributed by atoms with Crippen LogP contribution in [0.3, 0.4) is 0 Å². The number of rotatable bonds is 5. The number of benzene rings is 2. The molecule has 5 nitrogen and oxygen atoms in total. The lowest BCUT2D eigenvalue weighted by atomic mass is 9.72. The second-order valence-electron chi connectivity index (χ2n) is 10.3. The van der Waals surface area contributed by atoms with E-state index in [9.17, 15) is 4.79 Å². The Hall–Kier alpha value is -2.66. The van der Waals surface area contributed by atoms with Gasteiger partial charge in [0.2, 0.25) is 5.91 Å². The largest absolute Gasteiger partial charge is 0.342 e. The molecule has 1 amide bonds. The quantitative estimate of drug-likeness (QED) is 0.621. The molecule has 2 aromatic carbocycles. The highest BCUT2D eigenvalue weighted by atomic mass is 16.2. The molecule has 1 unspecified atom stereocenters. The van der Waals surface area contributed by atoms with Crippen molar-refractivity contribution in [2.45, 2.75) is 44.9 Å². The highest BCUT2D eigenvalue weighted by Crippen LogP contribution is 2.38. The molecule has 2 aliphatic heterocycles. The molecular formula is C28H36N4O. The van der Waals surface area contributed by atoms with Gasteiger partial charge in [-0.1, -0.05) is 42.5 Å². The normalized spacial score (nSPS) is 21.7. The van der Waals surface area contributed by atoms with Crippen LogP contribution in [0, 0.1) is 11.3 Å². The molecule has 1 atom stereocenters. The van der Waals surface area contributed by atoms with Crippen LogP contribution in [0.5, 0.6) is 0 Å². The van der Waals surface area contributed by atoms with E-state index < -0.39 is 0 Å². The van der Waals surface area contributed by atoms with Gasteiger partial charge in [-0.25, -0.2) is 0 Å². The lowest BCUT2D eigenvalue weighted by Crippen LogP contribution is -2.51. The Kier molecular flexibility index (Phi) is 6.50. The van der Waals surface area contributed by atoms with E-state index in [2.05, 4.69) is 75.6 Å². The average Bonchev–Trinajstić information content (AvgIpc) is 3.21. The van der Waals surface area contributed by atoms with Crippen LogP contribution in [-0.4, -0.2) is 59.1 Å². The zero-order valence-electron chi connectivity index (χ0n) is 19.8. The van der Waals surface area contributed by atoms with Crippen molar-refractivity contribution in [3.63, 3.8) is 0 Å². The maximum Gasteiger partial charge on any atom is 0.229 e. The number of nitrogens with zero attached hydrogens (tertiary/aromatic N) is 3. The van der Waals surface area contributed by atoms with Crippen molar-refractivity contribution in [1.82, 2.24) is 20.0 Å². The van der Waals surface area contributed by atoms with Gasteiger partial charge in [0.05, 0.1) is 17.1 Å². The predicted octanol–water partition coefficient (Wildman–Crippen LogP) is 4.69. The van der Waals surface area contributed by atoms with Gasteiger partial charge in [0.25, 0.3) is 0 Å². The summed E-state index contributed by atoms with van der Waals surface area (Å²) in [7, 11) is 2.17. The molecule has 1 N–H and O–H groups in total. The van der Waals surface area contributed by atoms with Crippen LogP contribution < -0.4 is 0 Å². The van der Waals surface area contributed by atoms with E-state index >= 15 is 0 Å². The van der Waals surface area contributed by atoms with Gasteiger partial charge in [-0.2, -0.15) is 5.10 Å². The van der Waals surface area contributed by atoms with Crippen molar-refractivity contribution in [3.8, 4) is 0 Å². The third-order valence-corrected chi connectivity index (χ3v) is 8.00. The number of hydrogen-bond donors (Lipinski definition) is 1. The molecule has 174 valence electrons. The lowest BCUT2D eigenvalue weighted by Gasteiger charge is -2.42. The molecule has 3 aromatic rings. The van der Waals surface area contributed by atoms with Gasteiger partial charge in [-0.15, -0.1) is 0 Å². The zero-order valence-corrected chi connectivity index (χ0v) is 19.8. The van der Waals surface area contributed by atoms with Crippen molar-refractivity contribution in [2.75, 3.05) is 33.2 Å². The van der Waals surface area contributed by atoms with E-state index in [4.69, 9.17) is 0 Å². The summed E-state index contributed by atoms with van der Waals surface area (Å²) in [6.07, 6.45) is 9.17. The molecule has 1 aromatic heterocycles. The SMILES string of the molecule is CN1CCC(Cc2ccccc2)(C(=O)N2CCCC(Cc3cccc4[nH]ncc34)CC2)CC1. The summed E-state index contributed by atoms with van der Waals surface area (Å²) in [5.41, 5.74) is 3.53. The standard InChI is InChI=1S/C28H36N4O/c1-31-17-13-28(14-18-31,20-23-7-3-2-4-8-23)27(33)32-15-6-9-22(12-16-32)19-24-10-5-11-26-25(24)21-29-30-26/h2-5,7-8,10-11,21-22H,6,9,12-20H2,1H3,(H,29,30). The number of fused-ring (bicyclic) bond motifs is 1. The van der Waals surface area contributed by atoms with E-state index in [1.807, 2.05) is 6.20 Å². The van der Waals surface area contributed by atoms with Crippen LogP contribution in [0.4, 0.5) is 0 Å². The first-order valence-corrected chi connectivity index (χ1v) is 12.6. The monoisotopic (exact) mass is 444 g/mol. The molecule has 3 heterocycles. The molecule has 0 saturated carbocycles. The molecular weight excluding hydrogens is 408 g/mol. The van der Waals surface area contributed by atoms with Gasteiger partial charge in [-0.3, -0.25) is 9.89 Å². The molecule has 2 fully saturated rings. The molecule has 0 spiro atoms. The number of H-pyrrole nitrogens is 1. The summed E-state index contributed by atoms with van der Waals surface area (Å²) in [5.74, 6) is 1.02. The van der Waals surface area contributed by atoms with E-state index in [1.54, 1.807) is 0 Å². The van der Waals surface area contributed by atoms with Gasteiger partial charge < -0.3 is 9.80 Å². The molecule has 33 heavy (non-hydrogen) atoms. The smallest absolute Gasteiger partial charge is 0.229 e. The van der Waals surface area contributed by atoms with Crippen molar-refractivity contribution >= 4 is 16.8 Å². The Balaban J connectivity index is 1.29. The molecule has 2 saturated heterocycles. The van der Waals surface area contributed by atoms with Crippen molar-refractivity contribution < 1.29 is 4.79 Å². The van der Waals surface area contributed by atoms with Crippen molar-refractivity contribution in [2.24, 2.45) is 11.3 Å². The fourth-order valence-electron chi connectivity index (χ4n) is 5.93. The van der Waals surface area contributed by atoms with E-state index in [1.165, 1.54) is 22.9 Å². The second kappa shape index (κ2) is 9.68. The van der Waals surface area contributed by atoms with Gasteiger partial charge in [0.15, 0.2) is 0 Å². The fourth-order valence-corrected chi connectivity index (χ4v) is 5.93. The fraction of sp³-hybridized carbons (Fsp3) is 0.500. The lowest BCUT2D eigenvalue weighted by molar-refractivity contribution is -0.145. The van der Waals surface area contributed by atoms with E-state index in [0.29, 0.717) is 11.8 Å². The third kappa shape index (κ3) is 4.84. The van der Waals surface area contributed by atoms with Crippen LogP contribution in [0.15, 0.2) is 54.7 Å². The van der Waals surface area contributed by atoms with Crippen LogP contribution in [0.25, 0.3) is 10.9 Å². The van der Waals surface area contributed by atoms with E-state index in [0.717, 1.165) is 70.2 Å². The highest BCUT2D eigenvalue weighted by molar-refractivity contribution is 5.83. The Labute approximate surface area is 197 Å². The van der Waals surface area contributed by atoms with Crippen LogP contribution in [-0.2, 0) is 17.6 Å². The van der Waals surface area contributed by atoms with Crippen LogP contribution >= 0.6 is 0 Å². The number of hydrogen-bond acceptors (Lipinski definition) is 3. The van der Waals surface area contributed by atoms with Crippen LogP contribution in [0.1, 0.15) is 43.2 Å². The second-order valence-corrected chi connectivity index (χ2v) is 10.3. The number of nitrogens with one attached hydrogen (secondary N) is 1. The summed E-state index contributed by atoms with van der Waals surface area (Å²) < 4.78 is 0. The van der Waals surface area contributed by atoms with Crippen molar-refractivity contribution in [3.05, 3.63) is 65.9 Å². The summed E-state index contributed by atoms with van der Waals surface area (Å²) in [5, 5.41) is 8.55. The summed E-state index contributed by atoms with van der Waals surface area (Å²) in [6, 6.07) is 17.1. The first-order chi connectivity index (χ1) is 16.1.